The third-order valence-corrected chi connectivity index (χ3v) is 4.04. The first-order valence-electron chi connectivity index (χ1n) is 8.45. The largest absolute Gasteiger partial charge is 0.496 e. The molecule has 0 spiro atoms. The smallest absolute Gasteiger partial charge is 0.266 e. The van der Waals surface area contributed by atoms with Gasteiger partial charge < -0.3 is 19.7 Å². The number of ether oxygens (including phenoxy) is 2. The van der Waals surface area contributed by atoms with Crippen molar-refractivity contribution in [3.63, 3.8) is 0 Å². The molecule has 6 nitrogen and oxygen atoms in total. The van der Waals surface area contributed by atoms with Gasteiger partial charge in [0.05, 0.1) is 19.3 Å². The SMILES string of the molecule is COc1ccccc1CCN/C=C(/C#N)C(=O)N1CC(C)OC(C)C1. The standard InChI is InChI=1S/C19H25N3O3/c1-14-12-22(13-15(2)25-14)19(23)17(10-20)11-21-9-8-16-6-4-5-7-18(16)24-3/h4-7,11,14-15,21H,8-9,12-13H2,1-3H3/b17-11-. The summed E-state index contributed by atoms with van der Waals surface area (Å²) in [6, 6.07) is 9.78. The van der Waals surface area contributed by atoms with Gasteiger partial charge in [0, 0.05) is 25.8 Å². The predicted molar refractivity (Wildman–Crippen MR) is 95.0 cm³/mol. The van der Waals surface area contributed by atoms with Crippen LogP contribution in [0.2, 0.25) is 0 Å². The molecule has 6 heteroatoms. The molecule has 1 aliphatic rings. The van der Waals surface area contributed by atoms with E-state index in [4.69, 9.17) is 9.47 Å². The molecule has 0 radical (unpaired) electrons. The fourth-order valence-corrected chi connectivity index (χ4v) is 2.95. The molecule has 0 saturated carbocycles. The molecule has 2 rings (SSSR count). The van der Waals surface area contributed by atoms with E-state index in [0.717, 1.165) is 17.7 Å². The van der Waals surface area contributed by atoms with Gasteiger partial charge >= 0.3 is 0 Å². The molecule has 2 atom stereocenters. The molecule has 0 aliphatic carbocycles. The minimum absolute atomic E-state index is 0.0221. The van der Waals surface area contributed by atoms with Crippen molar-refractivity contribution in [2.24, 2.45) is 0 Å². The third kappa shape index (κ3) is 5.23. The van der Waals surface area contributed by atoms with Crippen molar-refractivity contribution >= 4 is 5.91 Å². The molecule has 1 aromatic rings. The highest BCUT2D eigenvalue weighted by Gasteiger charge is 2.27. The average Bonchev–Trinajstić information content (AvgIpc) is 2.60. The molecule has 1 saturated heterocycles. The summed E-state index contributed by atoms with van der Waals surface area (Å²) in [4.78, 5) is 14.2. The van der Waals surface area contributed by atoms with E-state index in [1.54, 1.807) is 12.0 Å². The Labute approximate surface area is 149 Å². The van der Waals surface area contributed by atoms with Crippen LogP contribution in [0.25, 0.3) is 0 Å². The van der Waals surface area contributed by atoms with Gasteiger partial charge in [-0.05, 0) is 31.9 Å². The van der Waals surface area contributed by atoms with Crippen LogP contribution in [0.4, 0.5) is 0 Å². The first-order chi connectivity index (χ1) is 12.0. The zero-order valence-electron chi connectivity index (χ0n) is 15.0. The van der Waals surface area contributed by atoms with Crippen molar-refractivity contribution in [3.8, 4) is 11.8 Å². The molecular formula is C19H25N3O3. The van der Waals surface area contributed by atoms with E-state index in [-0.39, 0.29) is 23.7 Å². The second kappa shape index (κ2) is 9.09. The number of nitriles is 1. The highest BCUT2D eigenvalue weighted by atomic mass is 16.5. The number of benzene rings is 1. The summed E-state index contributed by atoms with van der Waals surface area (Å²) in [7, 11) is 1.64. The highest BCUT2D eigenvalue weighted by Crippen LogP contribution is 2.17. The van der Waals surface area contributed by atoms with Gasteiger partial charge in [-0.15, -0.1) is 0 Å². The van der Waals surface area contributed by atoms with Crippen molar-refractivity contribution < 1.29 is 14.3 Å². The van der Waals surface area contributed by atoms with E-state index in [0.29, 0.717) is 19.6 Å². The van der Waals surface area contributed by atoms with E-state index in [1.807, 2.05) is 44.2 Å². The number of nitrogens with one attached hydrogen (secondary N) is 1. The number of nitrogens with zero attached hydrogens (tertiary/aromatic N) is 2. The molecule has 1 amide bonds. The fraction of sp³-hybridized carbons (Fsp3) is 0.474. The summed E-state index contributed by atoms with van der Waals surface area (Å²) >= 11 is 0. The van der Waals surface area contributed by atoms with Crippen molar-refractivity contribution in [1.29, 1.82) is 5.26 Å². The van der Waals surface area contributed by atoms with Crippen molar-refractivity contribution in [1.82, 2.24) is 10.2 Å². The van der Waals surface area contributed by atoms with Gasteiger partial charge in [0.25, 0.3) is 5.91 Å². The number of carbonyl (C=O) groups excluding carboxylic acids is 1. The number of methoxy groups -OCH3 is 1. The van der Waals surface area contributed by atoms with Gasteiger partial charge in [0.2, 0.25) is 0 Å². The normalized spacial score (nSPS) is 20.7. The maximum Gasteiger partial charge on any atom is 0.266 e. The number of amides is 1. The van der Waals surface area contributed by atoms with Crippen LogP contribution in [0.3, 0.4) is 0 Å². The van der Waals surface area contributed by atoms with Gasteiger partial charge in [-0.1, -0.05) is 18.2 Å². The lowest BCUT2D eigenvalue weighted by Crippen LogP contribution is -2.48. The maximum absolute atomic E-state index is 12.5. The van der Waals surface area contributed by atoms with Gasteiger partial charge in [-0.25, -0.2) is 0 Å². The minimum atomic E-state index is -0.255. The summed E-state index contributed by atoms with van der Waals surface area (Å²) in [5.41, 5.74) is 1.19. The van der Waals surface area contributed by atoms with Gasteiger partial charge in [-0.3, -0.25) is 4.79 Å². The summed E-state index contributed by atoms with van der Waals surface area (Å²) < 4.78 is 10.9. The second-order valence-corrected chi connectivity index (χ2v) is 6.15. The molecule has 134 valence electrons. The topological polar surface area (TPSA) is 74.6 Å². The van der Waals surface area contributed by atoms with Crippen molar-refractivity contribution in [2.45, 2.75) is 32.5 Å². The lowest BCUT2D eigenvalue weighted by molar-refractivity contribution is -0.138. The molecular weight excluding hydrogens is 318 g/mol. The van der Waals surface area contributed by atoms with Gasteiger partial charge in [-0.2, -0.15) is 5.26 Å². The molecule has 2 unspecified atom stereocenters. The zero-order chi connectivity index (χ0) is 18.2. The number of hydrogen-bond acceptors (Lipinski definition) is 5. The summed E-state index contributed by atoms with van der Waals surface area (Å²) in [5.74, 6) is 0.579. The van der Waals surface area contributed by atoms with E-state index >= 15 is 0 Å². The van der Waals surface area contributed by atoms with E-state index < -0.39 is 0 Å². The van der Waals surface area contributed by atoms with Crippen LogP contribution >= 0.6 is 0 Å². The molecule has 0 bridgehead atoms. The quantitative estimate of drug-likeness (QED) is 0.485. The van der Waals surface area contributed by atoms with Crippen LogP contribution in [0.5, 0.6) is 5.75 Å². The Morgan fingerprint density at radius 3 is 2.72 bits per heavy atom. The number of morpholine rings is 1. The van der Waals surface area contributed by atoms with E-state index in [2.05, 4.69) is 5.32 Å². The molecule has 1 fully saturated rings. The fourth-order valence-electron chi connectivity index (χ4n) is 2.95. The third-order valence-electron chi connectivity index (χ3n) is 4.04. The minimum Gasteiger partial charge on any atom is -0.496 e. The first kappa shape index (κ1) is 18.8. The Hall–Kier alpha value is -2.52. The van der Waals surface area contributed by atoms with E-state index in [1.165, 1.54) is 6.20 Å². The lowest BCUT2D eigenvalue weighted by Gasteiger charge is -2.35. The Kier molecular flexibility index (Phi) is 6.84. The van der Waals surface area contributed by atoms with Crippen LogP contribution in [0.15, 0.2) is 36.0 Å². The number of hydrogen-bond donors (Lipinski definition) is 1. The lowest BCUT2D eigenvalue weighted by atomic mass is 10.1. The van der Waals surface area contributed by atoms with Gasteiger partial charge in [0.1, 0.15) is 17.4 Å². The van der Waals surface area contributed by atoms with Crippen molar-refractivity contribution in [2.75, 3.05) is 26.7 Å². The van der Waals surface area contributed by atoms with Crippen molar-refractivity contribution in [3.05, 3.63) is 41.6 Å². The average molecular weight is 343 g/mol. The van der Waals surface area contributed by atoms with Crippen LogP contribution in [-0.2, 0) is 16.0 Å². The highest BCUT2D eigenvalue weighted by molar-refractivity contribution is 5.97. The zero-order valence-corrected chi connectivity index (χ0v) is 15.0. The Balaban J connectivity index is 1.91. The van der Waals surface area contributed by atoms with Crippen LogP contribution in [-0.4, -0.2) is 49.8 Å². The van der Waals surface area contributed by atoms with E-state index in [9.17, 15) is 10.1 Å². The number of carbonyl (C=O) groups is 1. The Morgan fingerprint density at radius 1 is 1.40 bits per heavy atom. The summed E-state index contributed by atoms with van der Waals surface area (Å²) in [6.45, 7) is 5.47. The molecule has 1 heterocycles. The maximum atomic E-state index is 12.5. The second-order valence-electron chi connectivity index (χ2n) is 6.15. The summed E-state index contributed by atoms with van der Waals surface area (Å²) in [5, 5.41) is 12.4. The van der Waals surface area contributed by atoms with Crippen LogP contribution in [0, 0.1) is 11.3 Å². The molecule has 1 aliphatic heterocycles. The Morgan fingerprint density at radius 2 is 2.08 bits per heavy atom. The molecule has 25 heavy (non-hydrogen) atoms. The summed E-state index contributed by atoms with van der Waals surface area (Å²) in [6.07, 6.45) is 2.19. The Bertz CT molecular complexity index is 656. The van der Waals surface area contributed by atoms with Crippen LogP contribution in [0.1, 0.15) is 19.4 Å². The van der Waals surface area contributed by atoms with Gasteiger partial charge in [0.15, 0.2) is 0 Å². The number of rotatable bonds is 6. The molecule has 1 aromatic carbocycles. The van der Waals surface area contributed by atoms with Crippen LogP contribution < -0.4 is 10.1 Å². The molecule has 0 aromatic heterocycles. The first-order valence-corrected chi connectivity index (χ1v) is 8.45. The predicted octanol–water partition coefficient (Wildman–Crippen LogP) is 1.87. The molecule has 1 N–H and O–H groups in total. The number of para-hydroxylation sites is 1. The monoisotopic (exact) mass is 343 g/mol.